The number of carbonyl (C=O) groups is 1. The highest BCUT2D eigenvalue weighted by Gasteiger charge is 2.47. The molecule has 6 N–H and O–H groups in total. The Bertz CT molecular complexity index is 569. The molecule has 2 rings (SSSR count). The third-order valence-corrected chi connectivity index (χ3v) is 4.18. The molecule has 1 aromatic carbocycles. The summed E-state index contributed by atoms with van der Waals surface area (Å²) in [6.45, 7) is -0.797. The van der Waals surface area contributed by atoms with Crippen LogP contribution in [-0.4, -0.2) is 68.8 Å². The lowest BCUT2D eigenvalue weighted by Crippen LogP contribution is -2.53. The van der Waals surface area contributed by atoms with E-state index in [1.165, 1.54) is 12.1 Å². The third-order valence-electron chi connectivity index (χ3n) is 3.57. The van der Waals surface area contributed by atoms with Crippen LogP contribution >= 0.6 is 23.2 Å². The van der Waals surface area contributed by atoms with Gasteiger partial charge < -0.3 is 30.8 Å². The molecule has 1 heterocycles. The van der Waals surface area contributed by atoms with Gasteiger partial charge in [-0.2, -0.15) is 0 Å². The number of hydrogen-bond acceptors (Lipinski definition) is 6. The summed E-state index contributed by atoms with van der Waals surface area (Å²) in [7, 11) is 0. The molecule has 1 aliphatic rings. The Kier molecular flexibility index (Phi) is 5.69. The van der Waals surface area contributed by atoms with Gasteiger partial charge in [-0.1, -0.05) is 29.3 Å². The van der Waals surface area contributed by atoms with Crippen LogP contribution in [0.15, 0.2) is 18.2 Å². The van der Waals surface area contributed by atoms with Crippen LogP contribution in [0.2, 0.25) is 10.0 Å². The number of para-hydroxylation sites is 1. The van der Waals surface area contributed by atoms with E-state index < -0.39 is 43.2 Å². The maximum Gasteiger partial charge on any atom is 0.324 e. The number of nitrogens with zero attached hydrogens (tertiary/aromatic N) is 1. The van der Waals surface area contributed by atoms with Crippen molar-refractivity contribution in [2.75, 3.05) is 11.5 Å². The molecule has 0 saturated carbocycles. The molecule has 2 amide bonds. The minimum atomic E-state index is -1.78. The van der Waals surface area contributed by atoms with E-state index in [4.69, 9.17) is 28.3 Å². The van der Waals surface area contributed by atoms with Crippen molar-refractivity contribution in [1.82, 2.24) is 5.32 Å². The first-order chi connectivity index (χ1) is 10.8. The molecule has 0 spiro atoms. The van der Waals surface area contributed by atoms with E-state index in [0.29, 0.717) is 0 Å². The Morgan fingerprint density at radius 3 is 2.30 bits per heavy atom. The van der Waals surface area contributed by atoms with Crippen LogP contribution in [0.4, 0.5) is 10.5 Å². The molecule has 0 aromatic heterocycles. The SMILES string of the molecule is O=C1N[C@H]([C@H](O)[C@H](O)[C@H](O)CO)[C@@H](O)N1c1c(Cl)cccc1Cl. The molecule has 1 aromatic rings. The molecule has 0 unspecified atom stereocenters. The van der Waals surface area contributed by atoms with Gasteiger partial charge >= 0.3 is 6.03 Å². The highest BCUT2D eigenvalue weighted by Crippen LogP contribution is 2.37. The highest BCUT2D eigenvalue weighted by atomic mass is 35.5. The van der Waals surface area contributed by atoms with E-state index in [2.05, 4.69) is 5.32 Å². The van der Waals surface area contributed by atoms with Gasteiger partial charge in [0.1, 0.15) is 24.4 Å². The van der Waals surface area contributed by atoms with E-state index in [-0.39, 0.29) is 15.7 Å². The van der Waals surface area contributed by atoms with Crippen molar-refractivity contribution in [3.63, 3.8) is 0 Å². The first kappa shape index (κ1) is 18.2. The minimum absolute atomic E-state index is 0.0488. The zero-order chi connectivity index (χ0) is 17.3. The number of rotatable bonds is 5. The predicted octanol–water partition coefficient (Wildman–Crippen LogP) is -0.715. The molecule has 5 atom stereocenters. The number of amides is 2. The van der Waals surface area contributed by atoms with Crippen molar-refractivity contribution in [3.05, 3.63) is 28.2 Å². The van der Waals surface area contributed by atoms with Crippen molar-refractivity contribution < 1.29 is 30.3 Å². The lowest BCUT2D eigenvalue weighted by molar-refractivity contribution is -0.0947. The van der Waals surface area contributed by atoms with Crippen LogP contribution in [0.1, 0.15) is 0 Å². The molecule has 0 radical (unpaired) electrons. The number of carbonyl (C=O) groups excluding carboxylic acids is 1. The summed E-state index contributed by atoms with van der Waals surface area (Å²) in [5.74, 6) is 0. The van der Waals surface area contributed by atoms with Crippen LogP contribution in [0.5, 0.6) is 0 Å². The summed E-state index contributed by atoms with van der Waals surface area (Å²) in [5, 5.41) is 50.7. The molecule has 8 nitrogen and oxygen atoms in total. The fourth-order valence-electron chi connectivity index (χ4n) is 2.33. The predicted molar refractivity (Wildman–Crippen MR) is 82.4 cm³/mol. The lowest BCUT2D eigenvalue weighted by Gasteiger charge is -2.29. The zero-order valence-electron chi connectivity index (χ0n) is 11.7. The van der Waals surface area contributed by atoms with E-state index in [1.807, 2.05) is 0 Å². The van der Waals surface area contributed by atoms with Crippen molar-refractivity contribution in [3.8, 4) is 0 Å². The summed E-state index contributed by atoms with van der Waals surface area (Å²) in [4.78, 5) is 12.9. The molecule has 23 heavy (non-hydrogen) atoms. The van der Waals surface area contributed by atoms with Crippen molar-refractivity contribution in [2.24, 2.45) is 0 Å². The second-order valence-corrected chi connectivity index (χ2v) is 5.87. The maximum atomic E-state index is 12.1. The van der Waals surface area contributed by atoms with Crippen molar-refractivity contribution in [1.29, 1.82) is 0 Å². The Balaban J connectivity index is 2.28. The Morgan fingerprint density at radius 1 is 1.22 bits per heavy atom. The van der Waals surface area contributed by atoms with E-state index in [9.17, 15) is 25.2 Å². The number of urea groups is 1. The number of hydrogen-bond donors (Lipinski definition) is 6. The third kappa shape index (κ3) is 3.38. The molecule has 1 fully saturated rings. The first-order valence-corrected chi connectivity index (χ1v) is 7.42. The molecular weight excluding hydrogens is 351 g/mol. The van der Waals surface area contributed by atoms with Crippen molar-refractivity contribution in [2.45, 2.75) is 30.6 Å². The smallest absolute Gasteiger partial charge is 0.324 e. The second-order valence-electron chi connectivity index (χ2n) is 5.06. The van der Waals surface area contributed by atoms with Gasteiger partial charge in [0.25, 0.3) is 0 Å². The number of anilines is 1. The number of benzene rings is 1. The fourth-order valence-corrected chi connectivity index (χ4v) is 2.91. The zero-order valence-corrected chi connectivity index (χ0v) is 13.2. The molecule has 10 heteroatoms. The monoisotopic (exact) mass is 366 g/mol. The van der Waals surface area contributed by atoms with Gasteiger partial charge in [-0.25, -0.2) is 4.79 Å². The average Bonchev–Trinajstić information content (AvgIpc) is 2.80. The van der Waals surface area contributed by atoms with Gasteiger partial charge in [-0.05, 0) is 12.1 Å². The van der Waals surface area contributed by atoms with Gasteiger partial charge in [0.15, 0.2) is 6.23 Å². The summed E-state index contributed by atoms with van der Waals surface area (Å²) in [5.41, 5.74) is 0.0488. The number of aliphatic hydroxyl groups excluding tert-OH is 5. The molecule has 0 aliphatic carbocycles. The molecule has 1 saturated heterocycles. The number of aliphatic hydroxyl groups is 5. The topological polar surface area (TPSA) is 133 Å². The van der Waals surface area contributed by atoms with Crippen LogP contribution in [0, 0.1) is 0 Å². The lowest BCUT2D eigenvalue weighted by atomic mass is 10.0. The van der Waals surface area contributed by atoms with Crippen LogP contribution in [0.3, 0.4) is 0 Å². The maximum absolute atomic E-state index is 12.1. The summed E-state index contributed by atoms with van der Waals surface area (Å²) in [6.07, 6.45) is -6.74. The molecule has 0 bridgehead atoms. The van der Waals surface area contributed by atoms with Gasteiger partial charge in [0, 0.05) is 0 Å². The average molecular weight is 367 g/mol. The van der Waals surface area contributed by atoms with Crippen LogP contribution < -0.4 is 10.2 Å². The molecule has 128 valence electrons. The molecule has 1 aliphatic heterocycles. The normalized spacial score (nSPS) is 25.2. The number of halogens is 2. The Hall–Kier alpha value is -1.13. The minimum Gasteiger partial charge on any atom is -0.394 e. The van der Waals surface area contributed by atoms with E-state index in [1.54, 1.807) is 6.07 Å². The first-order valence-electron chi connectivity index (χ1n) is 6.66. The largest absolute Gasteiger partial charge is 0.394 e. The van der Waals surface area contributed by atoms with Crippen LogP contribution in [0.25, 0.3) is 0 Å². The summed E-state index contributed by atoms with van der Waals surface area (Å²) in [6, 6.07) is 2.38. The van der Waals surface area contributed by atoms with E-state index in [0.717, 1.165) is 4.90 Å². The summed E-state index contributed by atoms with van der Waals surface area (Å²) >= 11 is 12.0. The van der Waals surface area contributed by atoms with Crippen molar-refractivity contribution >= 4 is 34.9 Å². The second kappa shape index (κ2) is 7.18. The van der Waals surface area contributed by atoms with Gasteiger partial charge in [-0.15, -0.1) is 0 Å². The standard InChI is InChI=1S/C13H16Cl2N2O6/c14-5-2-1-3-6(15)9(5)17-12(22)8(16-13(17)23)11(21)10(20)7(19)4-18/h1-3,7-8,10-12,18-22H,4H2,(H,16,23)/t7-,8-,10-,11+,12-/m1/s1. The Labute approximate surface area is 141 Å². The summed E-state index contributed by atoms with van der Waals surface area (Å²) < 4.78 is 0. The van der Waals surface area contributed by atoms with Gasteiger partial charge in [0.2, 0.25) is 0 Å². The highest BCUT2D eigenvalue weighted by molar-refractivity contribution is 6.40. The van der Waals surface area contributed by atoms with Gasteiger partial charge in [0.05, 0.1) is 22.3 Å². The number of nitrogens with one attached hydrogen (secondary N) is 1. The Morgan fingerprint density at radius 2 is 1.78 bits per heavy atom. The quantitative estimate of drug-likeness (QED) is 0.407. The fraction of sp³-hybridized carbons (Fsp3) is 0.462. The van der Waals surface area contributed by atoms with E-state index >= 15 is 0 Å². The van der Waals surface area contributed by atoms with Crippen LogP contribution in [-0.2, 0) is 0 Å². The van der Waals surface area contributed by atoms with Gasteiger partial charge in [-0.3, -0.25) is 4.90 Å². The molecular formula is C13H16Cl2N2O6.